The Morgan fingerprint density at radius 2 is 1.68 bits per heavy atom. The predicted octanol–water partition coefficient (Wildman–Crippen LogP) is 4.64. The van der Waals surface area contributed by atoms with Crippen molar-refractivity contribution in [3.63, 3.8) is 0 Å². The lowest BCUT2D eigenvalue weighted by Crippen LogP contribution is -2.57. The monoisotopic (exact) mass is 473 g/mol. The molecule has 0 saturated heterocycles. The van der Waals surface area contributed by atoms with Crippen molar-refractivity contribution in [2.45, 2.75) is 90.9 Å². The molecule has 0 spiro atoms. The molecule has 3 atom stereocenters. The van der Waals surface area contributed by atoms with Crippen LogP contribution in [0.15, 0.2) is 30.3 Å². The number of hydrogen-bond donors (Lipinski definition) is 3. The minimum absolute atomic E-state index is 0.171. The van der Waals surface area contributed by atoms with E-state index in [0.717, 1.165) is 31.2 Å². The molecule has 0 aliphatic heterocycles. The Bertz CT molecular complexity index is 861. The van der Waals surface area contributed by atoms with E-state index in [9.17, 15) is 24.6 Å². The lowest BCUT2D eigenvalue weighted by Gasteiger charge is -2.50. The molecule has 0 heterocycles. The highest BCUT2D eigenvalue weighted by molar-refractivity contribution is 5.88. The number of carbonyl (C=O) groups is 3. The molecule has 2 fully saturated rings. The number of nitrogens with one attached hydrogen (secondary N) is 1. The van der Waals surface area contributed by atoms with Gasteiger partial charge in [-0.2, -0.15) is 0 Å². The summed E-state index contributed by atoms with van der Waals surface area (Å²) in [6.45, 7) is 6.00. The molecule has 1 amide bonds. The Kier molecular flexibility index (Phi) is 8.39. The molecule has 0 aromatic heterocycles. The van der Waals surface area contributed by atoms with Crippen LogP contribution >= 0.6 is 0 Å². The first-order valence-corrected chi connectivity index (χ1v) is 12.5. The van der Waals surface area contributed by atoms with Crippen molar-refractivity contribution in [1.82, 2.24) is 5.32 Å². The van der Waals surface area contributed by atoms with Crippen molar-refractivity contribution in [3.8, 4) is 0 Å². The zero-order chi connectivity index (χ0) is 24.9. The number of amides is 1. The summed E-state index contributed by atoms with van der Waals surface area (Å²) < 4.78 is 6.05. The van der Waals surface area contributed by atoms with E-state index in [1.54, 1.807) is 6.92 Å². The van der Waals surface area contributed by atoms with Gasteiger partial charge in [0.05, 0.1) is 24.0 Å². The maximum absolute atomic E-state index is 13.3. The predicted molar refractivity (Wildman–Crippen MR) is 128 cm³/mol. The van der Waals surface area contributed by atoms with Crippen LogP contribution in [0.25, 0.3) is 0 Å². The van der Waals surface area contributed by atoms with Gasteiger partial charge in [0, 0.05) is 0 Å². The van der Waals surface area contributed by atoms with Crippen LogP contribution in [0.5, 0.6) is 0 Å². The Morgan fingerprint density at radius 3 is 2.26 bits per heavy atom. The number of carboxylic acids is 2. The van der Waals surface area contributed by atoms with Crippen molar-refractivity contribution >= 4 is 17.8 Å². The third kappa shape index (κ3) is 5.80. The summed E-state index contributed by atoms with van der Waals surface area (Å²) in [7, 11) is 0. The molecular weight excluding hydrogens is 434 g/mol. The number of benzene rings is 1. The van der Waals surface area contributed by atoms with E-state index in [2.05, 4.69) is 5.32 Å². The fourth-order valence-electron chi connectivity index (χ4n) is 5.76. The molecule has 2 aliphatic rings. The molecule has 0 unspecified atom stereocenters. The molecule has 2 aliphatic carbocycles. The van der Waals surface area contributed by atoms with Gasteiger partial charge in [0.15, 0.2) is 0 Å². The summed E-state index contributed by atoms with van der Waals surface area (Å²) in [5.74, 6) is -2.72. The highest BCUT2D eigenvalue weighted by Gasteiger charge is 2.55. The van der Waals surface area contributed by atoms with Crippen LogP contribution in [0.1, 0.15) is 77.7 Å². The molecule has 1 aromatic rings. The highest BCUT2D eigenvalue weighted by atomic mass is 16.5. The molecule has 0 radical (unpaired) electrons. The number of carboxylic acid groups (broad SMARTS) is 2. The van der Waals surface area contributed by atoms with E-state index < -0.39 is 34.7 Å². The number of ether oxygens (including phenoxy) is 1. The Hall–Kier alpha value is -2.41. The van der Waals surface area contributed by atoms with Gasteiger partial charge in [-0.25, -0.2) is 4.79 Å². The Labute approximate surface area is 202 Å². The number of aliphatic carboxylic acids is 2. The third-order valence-electron chi connectivity index (χ3n) is 8.56. The van der Waals surface area contributed by atoms with Crippen LogP contribution in [0.3, 0.4) is 0 Å². The van der Waals surface area contributed by atoms with E-state index in [4.69, 9.17) is 4.74 Å². The van der Waals surface area contributed by atoms with Gasteiger partial charge in [-0.05, 0) is 61.8 Å². The number of carbonyl (C=O) groups excluding carboxylic acids is 1. The summed E-state index contributed by atoms with van der Waals surface area (Å²) in [6.07, 6.45) is 5.75. The minimum Gasteiger partial charge on any atom is -0.481 e. The first-order chi connectivity index (χ1) is 16.0. The number of hydrogen-bond acceptors (Lipinski definition) is 4. The highest BCUT2D eigenvalue weighted by Crippen LogP contribution is 2.53. The summed E-state index contributed by atoms with van der Waals surface area (Å²) in [5.41, 5.74) is -0.578. The lowest BCUT2D eigenvalue weighted by atomic mass is 9.53. The molecule has 1 aromatic carbocycles. The van der Waals surface area contributed by atoms with Gasteiger partial charge in [0.25, 0.3) is 0 Å². The van der Waals surface area contributed by atoms with Crippen LogP contribution in [-0.4, -0.2) is 40.2 Å². The second-order valence-electron chi connectivity index (χ2n) is 10.9. The smallest absolute Gasteiger partial charge is 0.326 e. The van der Waals surface area contributed by atoms with Crippen molar-refractivity contribution in [1.29, 1.82) is 0 Å². The second-order valence-corrected chi connectivity index (χ2v) is 10.9. The van der Waals surface area contributed by atoms with E-state index in [1.165, 1.54) is 0 Å². The van der Waals surface area contributed by atoms with Gasteiger partial charge in [-0.3, -0.25) is 9.59 Å². The van der Waals surface area contributed by atoms with Crippen LogP contribution in [0, 0.1) is 22.7 Å². The van der Waals surface area contributed by atoms with Crippen molar-refractivity contribution in [2.75, 3.05) is 0 Å². The van der Waals surface area contributed by atoms with Gasteiger partial charge >= 0.3 is 11.9 Å². The molecule has 188 valence electrons. The lowest BCUT2D eigenvalue weighted by molar-refractivity contribution is -0.162. The zero-order valence-electron chi connectivity index (χ0n) is 20.6. The Balaban J connectivity index is 1.55. The average molecular weight is 474 g/mol. The van der Waals surface area contributed by atoms with Crippen LogP contribution < -0.4 is 5.32 Å². The standard InChI is InChI=1S/C27H39NO6/c1-26(2)21(23(29)30)10-7-15-27(26,3)25(33)28-22(24(31)32)16-18-11-13-20(14-12-18)34-17-19-8-5-4-6-9-19/h4-6,8-9,18,20-22H,7,10-17H2,1-3H3,(H,28,33)(H,29,30)(H,31,32)/t18?,20?,21-,22+,27+/m1/s1. The third-order valence-corrected chi connectivity index (χ3v) is 8.56. The molecule has 34 heavy (non-hydrogen) atoms. The number of rotatable bonds is 9. The topological polar surface area (TPSA) is 113 Å². The van der Waals surface area contributed by atoms with E-state index >= 15 is 0 Å². The molecule has 7 nitrogen and oxygen atoms in total. The fourth-order valence-corrected chi connectivity index (χ4v) is 5.76. The first-order valence-electron chi connectivity index (χ1n) is 12.5. The fraction of sp³-hybridized carbons (Fsp3) is 0.667. The average Bonchev–Trinajstić information content (AvgIpc) is 2.80. The van der Waals surface area contributed by atoms with Gasteiger partial charge in [-0.15, -0.1) is 0 Å². The first kappa shape index (κ1) is 26.2. The van der Waals surface area contributed by atoms with Crippen LogP contribution in [0.2, 0.25) is 0 Å². The Morgan fingerprint density at radius 1 is 1.03 bits per heavy atom. The van der Waals surface area contributed by atoms with Crippen molar-refractivity contribution in [3.05, 3.63) is 35.9 Å². The molecule has 2 saturated carbocycles. The maximum Gasteiger partial charge on any atom is 0.326 e. The summed E-state index contributed by atoms with van der Waals surface area (Å²) in [4.78, 5) is 37.2. The van der Waals surface area contributed by atoms with Gasteiger partial charge in [-0.1, -0.05) is 57.5 Å². The van der Waals surface area contributed by atoms with Crippen molar-refractivity contribution in [2.24, 2.45) is 22.7 Å². The van der Waals surface area contributed by atoms with E-state index in [1.807, 2.05) is 44.2 Å². The van der Waals surface area contributed by atoms with E-state index in [-0.39, 0.29) is 17.9 Å². The summed E-state index contributed by atoms with van der Waals surface area (Å²) in [6, 6.07) is 9.07. The zero-order valence-corrected chi connectivity index (χ0v) is 20.6. The molecule has 0 bridgehead atoms. The van der Waals surface area contributed by atoms with Crippen LogP contribution in [0.4, 0.5) is 0 Å². The van der Waals surface area contributed by atoms with Gasteiger partial charge < -0.3 is 20.3 Å². The molecule has 3 N–H and O–H groups in total. The van der Waals surface area contributed by atoms with Gasteiger partial charge in [0.1, 0.15) is 6.04 Å². The molecule has 7 heteroatoms. The summed E-state index contributed by atoms with van der Waals surface area (Å²) in [5, 5.41) is 22.3. The van der Waals surface area contributed by atoms with Crippen molar-refractivity contribution < 1.29 is 29.3 Å². The SMILES string of the molecule is CC1(C)[C@@H](C(=O)O)CCC[C@@]1(C)C(=O)N[C@@H](CC1CCC(OCc2ccccc2)CC1)C(=O)O. The normalized spacial score (nSPS) is 29.7. The maximum atomic E-state index is 13.3. The van der Waals surface area contributed by atoms with Gasteiger partial charge in [0.2, 0.25) is 5.91 Å². The van der Waals surface area contributed by atoms with E-state index in [0.29, 0.717) is 32.3 Å². The largest absolute Gasteiger partial charge is 0.481 e. The minimum atomic E-state index is -1.04. The molecule has 3 rings (SSSR count). The summed E-state index contributed by atoms with van der Waals surface area (Å²) >= 11 is 0. The second kappa shape index (κ2) is 10.9. The quantitative estimate of drug-likeness (QED) is 0.482. The van der Waals surface area contributed by atoms with Crippen LogP contribution in [-0.2, 0) is 25.7 Å². The molecular formula is C27H39NO6.